The SMILES string of the molecule is c1ccc(-c2ccc(N(c3ccc(-c4cc5ccccc5cc4-c4ccccc4)cc3)c3cccc4c3sc3c(-c5ccccc5)cccc34)cc2)cc1. The summed E-state index contributed by atoms with van der Waals surface area (Å²) in [5.74, 6) is 0. The Morgan fingerprint density at radius 1 is 0.296 bits per heavy atom. The first kappa shape index (κ1) is 32.0. The van der Waals surface area contributed by atoms with Crippen LogP contribution in [0.15, 0.2) is 212 Å². The van der Waals surface area contributed by atoms with Crippen molar-refractivity contribution in [3.63, 3.8) is 0 Å². The molecule has 10 aromatic rings. The predicted molar refractivity (Wildman–Crippen MR) is 233 cm³/mol. The van der Waals surface area contributed by atoms with Gasteiger partial charge in [-0.1, -0.05) is 170 Å². The summed E-state index contributed by atoms with van der Waals surface area (Å²) >= 11 is 1.89. The van der Waals surface area contributed by atoms with Gasteiger partial charge in [0.2, 0.25) is 0 Å². The Labute approximate surface area is 319 Å². The highest BCUT2D eigenvalue weighted by atomic mass is 32.1. The summed E-state index contributed by atoms with van der Waals surface area (Å²) in [6, 6.07) is 77.0. The van der Waals surface area contributed by atoms with Gasteiger partial charge in [-0.15, -0.1) is 11.3 Å². The van der Waals surface area contributed by atoms with Crippen molar-refractivity contribution in [3.05, 3.63) is 212 Å². The third-order valence-corrected chi connectivity index (χ3v) is 11.7. The largest absolute Gasteiger partial charge is 0.309 e. The van der Waals surface area contributed by atoms with Crippen LogP contribution in [0.2, 0.25) is 0 Å². The van der Waals surface area contributed by atoms with Gasteiger partial charge in [-0.05, 0) is 97.7 Å². The highest BCUT2D eigenvalue weighted by Gasteiger charge is 2.20. The molecule has 0 saturated heterocycles. The average Bonchev–Trinajstić information content (AvgIpc) is 3.65. The maximum Gasteiger partial charge on any atom is 0.0640 e. The molecule has 0 saturated carbocycles. The van der Waals surface area contributed by atoms with E-state index in [0.717, 1.165) is 11.4 Å². The van der Waals surface area contributed by atoms with Crippen molar-refractivity contribution in [2.75, 3.05) is 4.90 Å². The highest BCUT2D eigenvalue weighted by molar-refractivity contribution is 7.27. The van der Waals surface area contributed by atoms with Crippen LogP contribution in [0.5, 0.6) is 0 Å². The van der Waals surface area contributed by atoms with Crippen LogP contribution in [0.1, 0.15) is 0 Å². The maximum absolute atomic E-state index is 2.43. The lowest BCUT2D eigenvalue weighted by Crippen LogP contribution is -2.10. The molecule has 1 aromatic heterocycles. The smallest absolute Gasteiger partial charge is 0.0640 e. The van der Waals surface area contributed by atoms with Crippen LogP contribution in [-0.2, 0) is 0 Å². The fourth-order valence-corrected chi connectivity index (χ4v) is 9.15. The van der Waals surface area contributed by atoms with E-state index >= 15 is 0 Å². The van der Waals surface area contributed by atoms with Gasteiger partial charge in [0, 0.05) is 26.8 Å². The van der Waals surface area contributed by atoms with Gasteiger partial charge in [0.25, 0.3) is 0 Å². The number of benzene rings is 9. The van der Waals surface area contributed by atoms with Crippen molar-refractivity contribution in [1.29, 1.82) is 0 Å². The Kier molecular flexibility index (Phi) is 8.09. The Morgan fingerprint density at radius 3 is 1.30 bits per heavy atom. The van der Waals surface area contributed by atoms with Crippen LogP contribution < -0.4 is 4.90 Å². The number of hydrogen-bond acceptors (Lipinski definition) is 2. The predicted octanol–water partition coefficient (Wildman–Crippen LogP) is 15.3. The minimum absolute atomic E-state index is 1.11. The Hall–Kier alpha value is -6.74. The minimum atomic E-state index is 1.11. The van der Waals surface area contributed by atoms with Gasteiger partial charge in [0.1, 0.15) is 0 Å². The quantitative estimate of drug-likeness (QED) is 0.160. The first-order valence-electron chi connectivity index (χ1n) is 18.4. The zero-order valence-electron chi connectivity index (χ0n) is 29.6. The third-order valence-electron chi connectivity index (χ3n) is 10.5. The molecule has 1 nitrogen and oxygen atoms in total. The van der Waals surface area contributed by atoms with Crippen molar-refractivity contribution in [3.8, 4) is 44.5 Å². The molecule has 0 aliphatic rings. The number of nitrogens with zero attached hydrogens (tertiary/aromatic N) is 1. The van der Waals surface area contributed by atoms with E-state index in [1.165, 1.54) is 81.1 Å². The van der Waals surface area contributed by atoms with Gasteiger partial charge < -0.3 is 4.90 Å². The molecule has 54 heavy (non-hydrogen) atoms. The number of hydrogen-bond donors (Lipinski definition) is 0. The topological polar surface area (TPSA) is 3.24 Å². The molecule has 2 heteroatoms. The first-order valence-corrected chi connectivity index (χ1v) is 19.2. The Balaban J connectivity index is 1.14. The summed E-state index contributed by atoms with van der Waals surface area (Å²) in [5, 5.41) is 5.05. The molecule has 0 N–H and O–H groups in total. The summed E-state index contributed by atoms with van der Waals surface area (Å²) in [7, 11) is 0. The van der Waals surface area contributed by atoms with Crippen molar-refractivity contribution in [2.24, 2.45) is 0 Å². The molecule has 0 spiro atoms. The lowest BCUT2D eigenvalue weighted by atomic mass is 9.91. The summed E-state index contributed by atoms with van der Waals surface area (Å²) in [4.78, 5) is 2.43. The Morgan fingerprint density at radius 2 is 0.722 bits per heavy atom. The lowest BCUT2D eigenvalue weighted by Gasteiger charge is -2.26. The fraction of sp³-hybridized carbons (Fsp3) is 0. The van der Waals surface area contributed by atoms with E-state index in [1.807, 2.05) is 11.3 Å². The zero-order chi connectivity index (χ0) is 35.8. The van der Waals surface area contributed by atoms with E-state index in [1.54, 1.807) is 0 Å². The van der Waals surface area contributed by atoms with Gasteiger partial charge in [0.05, 0.1) is 10.4 Å². The van der Waals surface area contributed by atoms with Gasteiger partial charge in [-0.2, -0.15) is 0 Å². The van der Waals surface area contributed by atoms with E-state index in [0.29, 0.717) is 0 Å². The van der Waals surface area contributed by atoms with Gasteiger partial charge in [-0.25, -0.2) is 0 Å². The Bertz CT molecular complexity index is 2890. The van der Waals surface area contributed by atoms with Crippen LogP contribution in [0.3, 0.4) is 0 Å². The molecular formula is C52H35NS. The number of anilines is 3. The van der Waals surface area contributed by atoms with Gasteiger partial charge in [0.15, 0.2) is 0 Å². The molecule has 10 rings (SSSR count). The summed E-state index contributed by atoms with van der Waals surface area (Å²) in [5.41, 5.74) is 13.2. The van der Waals surface area contributed by atoms with E-state index in [9.17, 15) is 0 Å². The highest BCUT2D eigenvalue weighted by Crippen LogP contribution is 2.47. The molecule has 0 aliphatic carbocycles. The lowest BCUT2D eigenvalue weighted by molar-refractivity contribution is 1.30. The van der Waals surface area contributed by atoms with E-state index in [-0.39, 0.29) is 0 Å². The second kappa shape index (κ2) is 13.7. The van der Waals surface area contributed by atoms with Gasteiger partial charge in [-0.3, -0.25) is 0 Å². The average molecular weight is 706 g/mol. The molecule has 254 valence electrons. The second-order valence-corrected chi connectivity index (χ2v) is 14.7. The molecule has 0 unspecified atom stereocenters. The molecule has 1 heterocycles. The second-order valence-electron chi connectivity index (χ2n) is 13.7. The van der Waals surface area contributed by atoms with Crippen molar-refractivity contribution in [2.45, 2.75) is 0 Å². The molecule has 0 atom stereocenters. The van der Waals surface area contributed by atoms with Crippen molar-refractivity contribution in [1.82, 2.24) is 0 Å². The van der Waals surface area contributed by atoms with Crippen molar-refractivity contribution >= 4 is 59.3 Å². The van der Waals surface area contributed by atoms with Crippen LogP contribution in [-0.4, -0.2) is 0 Å². The molecule has 0 aliphatic heterocycles. The van der Waals surface area contributed by atoms with Crippen LogP contribution in [0, 0.1) is 0 Å². The molecule has 9 aromatic carbocycles. The van der Waals surface area contributed by atoms with Gasteiger partial charge >= 0.3 is 0 Å². The molecular weight excluding hydrogens is 671 g/mol. The van der Waals surface area contributed by atoms with Crippen LogP contribution in [0.25, 0.3) is 75.5 Å². The first-order chi connectivity index (χ1) is 26.8. The molecule has 0 amide bonds. The van der Waals surface area contributed by atoms with Crippen LogP contribution in [0.4, 0.5) is 17.1 Å². The third kappa shape index (κ3) is 5.74. The zero-order valence-corrected chi connectivity index (χ0v) is 30.4. The monoisotopic (exact) mass is 705 g/mol. The van der Waals surface area contributed by atoms with E-state index < -0.39 is 0 Å². The molecule has 0 fully saturated rings. The number of fused-ring (bicyclic) bond motifs is 4. The number of thiophene rings is 1. The fourth-order valence-electron chi connectivity index (χ4n) is 7.81. The normalized spacial score (nSPS) is 11.3. The number of rotatable bonds is 7. The van der Waals surface area contributed by atoms with Crippen molar-refractivity contribution < 1.29 is 0 Å². The van der Waals surface area contributed by atoms with E-state index in [2.05, 4.69) is 217 Å². The molecule has 0 bridgehead atoms. The minimum Gasteiger partial charge on any atom is -0.309 e. The standard InChI is InChI=1S/C52H35NS/c1-4-14-36(15-5-1)37-26-30-43(31-27-37)53(50-25-13-24-47-46-23-12-22-45(51(46)54-52(47)50)38-16-6-2-7-17-38)44-32-28-40(29-33-44)49-35-42-21-11-10-20-41(42)34-48(49)39-18-8-3-9-19-39/h1-35H. The summed E-state index contributed by atoms with van der Waals surface area (Å²) < 4.78 is 2.58. The maximum atomic E-state index is 2.43. The van der Waals surface area contributed by atoms with Crippen LogP contribution >= 0.6 is 11.3 Å². The van der Waals surface area contributed by atoms with E-state index in [4.69, 9.17) is 0 Å². The summed E-state index contributed by atoms with van der Waals surface area (Å²) in [6.45, 7) is 0. The summed E-state index contributed by atoms with van der Waals surface area (Å²) in [6.07, 6.45) is 0. The molecule has 0 radical (unpaired) electrons.